The number of fused-ring (bicyclic) bond motifs is 1. The maximum Gasteiger partial charge on any atom is 0.313 e. The molecule has 0 aliphatic carbocycles. The predicted molar refractivity (Wildman–Crippen MR) is 142 cm³/mol. The van der Waals surface area contributed by atoms with Crippen molar-refractivity contribution in [1.29, 1.82) is 0 Å². The Morgan fingerprint density at radius 2 is 2.05 bits per heavy atom. The second-order valence-electron chi connectivity index (χ2n) is 8.53. The van der Waals surface area contributed by atoms with E-state index in [1.807, 2.05) is 13.8 Å². The van der Waals surface area contributed by atoms with Crippen molar-refractivity contribution in [3.05, 3.63) is 71.7 Å². The van der Waals surface area contributed by atoms with Crippen LogP contribution in [0, 0.1) is 10.1 Å². The molecule has 1 aliphatic heterocycles. The van der Waals surface area contributed by atoms with Gasteiger partial charge in [-0.3, -0.25) is 19.7 Å². The van der Waals surface area contributed by atoms with E-state index in [1.165, 1.54) is 12.3 Å². The molecule has 4 rings (SSSR count). The first kappa shape index (κ1) is 26.7. The number of morpholine rings is 1. The van der Waals surface area contributed by atoms with E-state index in [-0.39, 0.29) is 28.2 Å². The predicted octanol–water partition coefficient (Wildman–Crippen LogP) is 3.96. The van der Waals surface area contributed by atoms with Crippen molar-refractivity contribution in [1.82, 2.24) is 14.6 Å². The van der Waals surface area contributed by atoms with Crippen LogP contribution in [-0.2, 0) is 9.53 Å². The third-order valence-corrected chi connectivity index (χ3v) is 6.34. The zero-order valence-corrected chi connectivity index (χ0v) is 22.4. The van der Waals surface area contributed by atoms with E-state index in [1.54, 1.807) is 23.1 Å². The van der Waals surface area contributed by atoms with Gasteiger partial charge in [-0.15, -0.1) is 0 Å². The third kappa shape index (κ3) is 5.97. The lowest BCUT2D eigenvalue weighted by Gasteiger charge is -2.26. The quantitative estimate of drug-likeness (QED) is 0.231. The molecule has 0 saturated carbocycles. The molecule has 1 fully saturated rings. The minimum absolute atomic E-state index is 0.0667. The summed E-state index contributed by atoms with van der Waals surface area (Å²) in [6.07, 6.45) is 1.24. The molecule has 2 aromatic carbocycles. The summed E-state index contributed by atoms with van der Waals surface area (Å²) in [6.45, 7) is 4.95. The summed E-state index contributed by atoms with van der Waals surface area (Å²) >= 11 is 9.51. The Balaban J connectivity index is 1.76. The molecule has 194 valence electrons. The third-order valence-electron chi connectivity index (χ3n) is 5.63. The smallest absolute Gasteiger partial charge is 0.313 e. The average molecular weight is 593 g/mol. The Morgan fingerprint density at radius 1 is 1.32 bits per heavy atom. The van der Waals surface area contributed by atoms with Crippen LogP contribution in [0.5, 0.6) is 5.75 Å². The van der Waals surface area contributed by atoms with E-state index >= 15 is 0 Å². The van der Waals surface area contributed by atoms with E-state index in [4.69, 9.17) is 21.1 Å². The molecule has 0 spiro atoms. The molecule has 13 heteroatoms. The highest BCUT2D eigenvalue weighted by molar-refractivity contribution is 9.10. The van der Waals surface area contributed by atoms with Crippen LogP contribution < -0.4 is 10.3 Å². The maximum atomic E-state index is 13.3. The number of amides is 1. The van der Waals surface area contributed by atoms with E-state index in [0.717, 1.165) is 10.7 Å². The fourth-order valence-electron chi connectivity index (χ4n) is 3.80. The summed E-state index contributed by atoms with van der Waals surface area (Å²) < 4.78 is 12.8. The van der Waals surface area contributed by atoms with Gasteiger partial charge in [0.15, 0.2) is 6.61 Å². The van der Waals surface area contributed by atoms with Gasteiger partial charge in [-0.05, 0) is 24.3 Å². The summed E-state index contributed by atoms with van der Waals surface area (Å²) in [7, 11) is 0. The lowest BCUT2D eigenvalue weighted by Crippen LogP contribution is -2.43. The number of halogens is 2. The summed E-state index contributed by atoms with van der Waals surface area (Å²) in [4.78, 5) is 43.2. The highest BCUT2D eigenvalue weighted by atomic mass is 79.9. The van der Waals surface area contributed by atoms with E-state index in [0.29, 0.717) is 47.5 Å². The van der Waals surface area contributed by atoms with Gasteiger partial charge >= 0.3 is 5.69 Å². The number of benzene rings is 2. The molecule has 1 aromatic heterocycles. The Morgan fingerprint density at radius 3 is 2.73 bits per heavy atom. The number of hydrogen-bond acceptors (Lipinski definition) is 8. The lowest BCUT2D eigenvalue weighted by atomic mass is 10.1. The van der Waals surface area contributed by atoms with Crippen molar-refractivity contribution < 1.29 is 19.2 Å². The number of aromatic nitrogens is 2. The normalized spacial score (nSPS) is 14.0. The molecule has 1 saturated heterocycles. The van der Waals surface area contributed by atoms with Gasteiger partial charge in [0.05, 0.1) is 35.3 Å². The molecular weight excluding hydrogens is 570 g/mol. The maximum absolute atomic E-state index is 13.3. The van der Waals surface area contributed by atoms with Crippen LogP contribution in [0.25, 0.3) is 10.9 Å². The highest BCUT2D eigenvalue weighted by Crippen LogP contribution is 2.34. The summed E-state index contributed by atoms with van der Waals surface area (Å²) in [5.74, 6) is -0.278. The molecule has 1 aliphatic rings. The molecular formula is C24H23BrClN5O6. The summed E-state index contributed by atoms with van der Waals surface area (Å²) in [5.41, 5.74) is -0.189. The zero-order valence-electron chi connectivity index (χ0n) is 20.0. The van der Waals surface area contributed by atoms with Crippen molar-refractivity contribution in [2.75, 3.05) is 32.9 Å². The Kier molecular flexibility index (Phi) is 8.20. The average Bonchev–Trinajstić information content (AvgIpc) is 2.87. The minimum atomic E-state index is -0.654. The van der Waals surface area contributed by atoms with Gasteiger partial charge in [0.2, 0.25) is 5.75 Å². The van der Waals surface area contributed by atoms with Crippen molar-refractivity contribution in [3.63, 3.8) is 0 Å². The van der Waals surface area contributed by atoms with Gasteiger partial charge in [0.25, 0.3) is 11.5 Å². The molecule has 2 heterocycles. The van der Waals surface area contributed by atoms with E-state index in [9.17, 15) is 19.7 Å². The Labute approximate surface area is 224 Å². The molecule has 11 nitrogen and oxygen atoms in total. The first-order valence-corrected chi connectivity index (χ1v) is 12.6. The fourth-order valence-corrected chi connectivity index (χ4v) is 4.38. The molecule has 37 heavy (non-hydrogen) atoms. The lowest BCUT2D eigenvalue weighted by molar-refractivity contribution is -0.385. The number of nitro groups is 1. The molecule has 0 bridgehead atoms. The van der Waals surface area contributed by atoms with Crippen molar-refractivity contribution in [2.24, 2.45) is 5.10 Å². The van der Waals surface area contributed by atoms with Crippen molar-refractivity contribution >= 4 is 56.2 Å². The number of nitro benzene ring substituents is 1. The van der Waals surface area contributed by atoms with Crippen molar-refractivity contribution in [2.45, 2.75) is 19.8 Å². The molecule has 0 N–H and O–H groups in total. The van der Waals surface area contributed by atoms with Gasteiger partial charge in [-0.25, -0.2) is 4.98 Å². The standard InChI is InChI=1S/C24H23BrClN5O6/c1-14(2)23-28-19-4-3-16(25)10-18(19)24(33)30(23)27-12-15-9-17(26)11-20(31(34)35)22(15)37-13-21(32)29-5-7-36-8-6-29/h3-4,9-12,14H,5-8,13H2,1-2H3. The molecule has 0 atom stereocenters. The van der Waals surface area contributed by atoms with Gasteiger partial charge < -0.3 is 14.4 Å². The van der Waals surface area contributed by atoms with Crippen LogP contribution in [-0.4, -0.2) is 64.5 Å². The van der Waals surface area contributed by atoms with E-state index < -0.39 is 22.8 Å². The molecule has 0 unspecified atom stereocenters. The van der Waals surface area contributed by atoms with E-state index in [2.05, 4.69) is 26.0 Å². The van der Waals surface area contributed by atoms with Gasteiger partial charge in [0, 0.05) is 40.1 Å². The largest absolute Gasteiger partial charge is 0.476 e. The SMILES string of the molecule is CC(C)c1nc2ccc(Br)cc2c(=O)n1N=Cc1cc(Cl)cc([N+](=O)[O-])c1OCC(=O)N1CCOCC1. The molecule has 0 radical (unpaired) electrons. The van der Waals surface area contributed by atoms with Gasteiger partial charge in [-0.2, -0.15) is 9.78 Å². The van der Waals surface area contributed by atoms with Crippen LogP contribution in [0.4, 0.5) is 5.69 Å². The Bertz CT molecular complexity index is 1450. The first-order valence-electron chi connectivity index (χ1n) is 11.4. The van der Waals surface area contributed by atoms with Crippen molar-refractivity contribution in [3.8, 4) is 5.75 Å². The number of ether oxygens (including phenoxy) is 2. The van der Waals surface area contributed by atoms with Crippen LogP contribution in [0.15, 0.2) is 44.7 Å². The second-order valence-corrected chi connectivity index (χ2v) is 9.88. The number of carbonyl (C=O) groups excluding carboxylic acids is 1. The fraction of sp³-hybridized carbons (Fsp3) is 0.333. The summed E-state index contributed by atoms with van der Waals surface area (Å²) in [5, 5.41) is 16.5. The number of nitrogens with zero attached hydrogens (tertiary/aromatic N) is 5. The van der Waals surface area contributed by atoms with Crippen LogP contribution >= 0.6 is 27.5 Å². The van der Waals surface area contributed by atoms with Crippen LogP contribution in [0.2, 0.25) is 5.02 Å². The van der Waals surface area contributed by atoms with Gasteiger partial charge in [0.1, 0.15) is 5.82 Å². The molecule has 3 aromatic rings. The topological polar surface area (TPSA) is 129 Å². The number of carbonyl (C=O) groups is 1. The number of hydrogen-bond donors (Lipinski definition) is 0. The monoisotopic (exact) mass is 591 g/mol. The number of rotatable bonds is 7. The molecule has 1 amide bonds. The minimum Gasteiger partial charge on any atom is -0.476 e. The van der Waals surface area contributed by atoms with Crippen LogP contribution in [0.3, 0.4) is 0 Å². The highest BCUT2D eigenvalue weighted by Gasteiger charge is 2.24. The first-order chi connectivity index (χ1) is 17.7. The van der Waals surface area contributed by atoms with Crippen LogP contribution in [0.1, 0.15) is 31.2 Å². The summed E-state index contributed by atoms with van der Waals surface area (Å²) in [6, 6.07) is 7.72. The zero-order chi connectivity index (χ0) is 26.7. The Hall–Kier alpha value is -3.35. The second kappa shape index (κ2) is 11.4. The van der Waals surface area contributed by atoms with Gasteiger partial charge in [-0.1, -0.05) is 41.4 Å².